The molecule has 1 aromatic rings. The quantitative estimate of drug-likeness (QED) is 0.325. The molecule has 0 aromatic carbocycles. The number of pyridine rings is 1. The third kappa shape index (κ3) is 7.67. The van der Waals surface area contributed by atoms with Crippen molar-refractivity contribution in [3.05, 3.63) is 17.5 Å². The molecule has 0 bridgehead atoms. The van der Waals surface area contributed by atoms with Crippen molar-refractivity contribution in [3.8, 4) is 0 Å². The number of ether oxygens (including phenoxy) is 1. The van der Waals surface area contributed by atoms with E-state index < -0.39 is 28.3 Å². The number of nitrogens with zero attached hydrogens (tertiary/aromatic N) is 2. The summed E-state index contributed by atoms with van der Waals surface area (Å²) in [5, 5.41) is 3.36. The normalized spacial score (nSPS) is 24.3. The maximum atomic E-state index is 13.1. The molecule has 234 valence electrons. The van der Waals surface area contributed by atoms with Gasteiger partial charge < -0.3 is 29.5 Å². The van der Waals surface area contributed by atoms with Gasteiger partial charge in [0.15, 0.2) is 16.6 Å². The molecule has 41 heavy (non-hydrogen) atoms. The summed E-state index contributed by atoms with van der Waals surface area (Å²) in [6.07, 6.45) is 3.01. The largest absolute Gasteiger partial charge is 0.444 e. The van der Waals surface area contributed by atoms with Crippen LogP contribution in [0.1, 0.15) is 93.0 Å². The Hall–Kier alpha value is -1.63. The number of rotatable bonds is 6. The first-order valence-electron chi connectivity index (χ1n) is 15.3. The minimum Gasteiger partial charge on any atom is -0.444 e. The van der Waals surface area contributed by atoms with Crippen molar-refractivity contribution in [2.45, 2.75) is 142 Å². The van der Waals surface area contributed by atoms with E-state index in [0.29, 0.717) is 12.2 Å². The predicted octanol–water partition coefficient (Wildman–Crippen LogP) is 7.41. The van der Waals surface area contributed by atoms with Gasteiger partial charge in [0.1, 0.15) is 5.60 Å². The van der Waals surface area contributed by atoms with Gasteiger partial charge in [-0.15, -0.1) is 0 Å². The molecule has 2 aliphatic rings. The van der Waals surface area contributed by atoms with Gasteiger partial charge in [-0.05, 0) is 69.9 Å². The molecular formula is C31H58N4O4Si2. The summed E-state index contributed by atoms with van der Waals surface area (Å²) in [5.41, 5.74) is 9.97. The average molecular weight is 607 g/mol. The molecule has 0 spiro atoms. The summed E-state index contributed by atoms with van der Waals surface area (Å²) in [4.78, 5) is 20.2. The van der Waals surface area contributed by atoms with Crippen molar-refractivity contribution < 1.29 is 18.4 Å². The van der Waals surface area contributed by atoms with Gasteiger partial charge in [0.25, 0.3) is 0 Å². The van der Waals surface area contributed by atoms with Crippen LogP contribution in [0.15, 0.2) is 6.20 Å². The summed E-state index contributed by atoms with van der Waals surface area (Å²) < 4.78 is 19.5. The number of alkyl carbamates (subject to hydrolysis) is 1. The fourth-order valence-corrected chi connectivity index (χ4v) is 8.00. The minimum atomic E-state index is -2.11. The van der Waals surface area contributed by atoms with Crippen LogP contribution in [-0.2, 0) is 20.0 Å². The van der Waals surface area contributed by atoms with Crippen molar-refractivity contribution >= 4 is 34.1 Å². The topological polar surface area (TPSA) is 98.9 Å². The number of carbonyl (C=O) groups is 1. The monoisotopic (exact) mass is 606 g/mol. The molecule has 10 heteroatoms. The van der Waals surface area contributed by atoms with Gasteiger partial charge >= 0.3 is 6.09 Å². The molecule has 8 nitrogen and oxygen atoms in total. The minimum absolute atomic E-state index is 0.0159. The molecule has 2 unspecified atom stereocenters. The highest BCUT2D eigenvalue weighted by molar-refractivity contribution is 6.74. The van der Waals surface area contributed by atoms with Crippen LogP contribution in [-0.4, -0.2) is 58.5 Å². The molecule has 3 rings (SSSR count). The second-order valence-corrected chi connectivity index (χ2v) is 25.8. The first kappa shape index (κ1) is 33.9. The molecule has 1 aliphatic carbocycles. The zero-order valence-corrected chi connectivity index (χ0v) is 30.3. The third-order valence-corrected chi connectivity index (χ3v) is 18.5. The molecular weight excluding hydrogens is 549 g/mol. The maximum absolute atomic E-state index is 13.1. The molecule has 1 aromatic heterocycles. The smallest absolute Gasteiger partial charge is 0.408 e. The maximum Gasteiger partial charge on any atom is 0.408 e. The lowest BCUT2D eigenvalue weighted by atomic mass is 9.91. The first-order valence-corrected chi connectivity index (χ1v) is 21.1. The van der Waals surface area contributed by atoms with E-state index in [1.165, 1.54) is 5.56 Å². The van der Waals surface area contributed by atoms with Crippen LogP contribution in [0.2, 0.25) is 36.3 Å². The fourth-order valence-electron chi connectivity index (χ4n) is 5.28. The zero-order valence-electron chi connectivity index (χ0n) is 28.3. The van der Waals surface area contributed by atoms with E-state index in [0.717, 1.165) is 30.8 Å². The van der Waals surface area contributed by atoms with E-state index in [-0.39, 0.29) is 34.2 Å². The van der Waals surface area contributed by atoms with Gasteiger partial charge in [-0.2, -0.15) is 0 Å². The number of piperidine rings is 1. The standard InChI is InChI=1S/C31H58N4O4Si2/c1-20-18-35(19-23(34-28(36)37-29(2,3)4)27(20)39-41(13,14)31(8,9)10)26-21-15-16-24(25(21)33-17-22(26)32)38-40(11,12)30(5,6)7/h17,20,23-24,27H,15-16,18-19,32H2,1-14H3,(H,34,36)/t20-,23+,24?,27?/m0/s1. The van der Waals surface area contributed by atoms with Gasteiger partial charge in [0.2, 0.25) is 0 Å². The molecule has 1 saturated heterocycles. The highest BCUT2D eigenvalue weighted by Crippen LogP contribution is 2.47. The van der Waals surface area contributed by atoms with Gasteiger partial charge in [0, 0.05) is 24.6 Å². The predicted molar refractivity (Wildman–Crippen MR) is 175 cm³/mol. The Morgan fingerprint density at radius 1 is 0.976 bits per heavy atom. The van der Waals surface area contributed by atoms with E-state index in [1.54, 1.807) is 6.20 Å². The van der Waals surface area contributed by atoms with Crippen LogP contribution in [0.25, 0.3) is 0 Å². The van der Waals surface area contributed by atoms with E-state index in [4.69, 9.17) is 24.3 Å². The Balaban J connectivity index is 1.96. The van der Waals surface area contributed by atoms with Gasteiger partial charge in [-0.1, -0.05) is 48.5 Å². The highest BCUT2D eigenvalue weighted by Gasteiger charge is 2.46. The van der Waals surface area contributed by atoms with Gasteiger partial charge in [0.05, 0.1) is 41.5 Å². The Kier molecular flexibility index (Phi) is 9.47. The second-order valence-electron chi connectivity index (χ2n) is 16.3. The Morgan fingerprint density at radius 3 is 2.07 bits per heavy atom. The van der Waals surface area contributed by atoms with Crippen molar-refractivity contribution in [2.75, 3.05) is 23.7 Å². The number of nitrogens with one attached hydrogen (secondary N) is 1. The lowest BCUT2D eigenvalue weighted by Crippen LogP contribution is -2.63. The van der Waals surface area contributed by atoms with Crippen molar-refractivity contribution in [1.29, 1.82) is 0 Å². The summed E-state index contributed by atoms with van der Waals surface area (Å²) in [6, 6.07) is -0.258. The lowest BCUT2D eigenvalue weighted by Gasteiger charge is -2.49. The molecule has 0 saturated carbocycles. The zero-order chi connectivity index (χ0) is 31.3. The number of carbonyl (C=O) groups excluding carboxylic acids is 1. The Bertz CT molecular complexity index is 1110. The summed E-state index contributed by atoms with van der Waals surface area (Å²) in [6.45, 7) is 31.9. The number of nitrogens with two attached hydrogens (primary N) is 1. The Morgan fingerprint density at radius 2 is 1.54 bits per heavy atom. The molecule has 1 fully saturated rings. The lowest BCUT2D eigenvalue weighted by molar-refractivity contribution is 0.0336. The fraction of sp³-hybridized carbons (Fsp3) is 0.806. The SMILES string of the molecule is C[C@H]1CN(c2c(N)cnc3c2CCC3O[Si](C)(C)C(C)(C)C)C[C@@H](NC(=O)OC(C)(C)C)C1O[Si](C)(C)C(C)(C)C. The summed E-state index contributed by atoms with van der Waals surface area (Å²) in [7, 11) is -4.08. The van der Waals surface area contributed by atoms with Crippen LogP contribution in [0.4, 0.5) is 16.2 Å². The van der Waals surface area contributed by atoms with Crippen LogP contribution in [0.5, 0.6) is 0 Å². The van der Waals surface area contributed by atoms with Crippen molar-refractivity contribution in [2.24, 2.45) is 5.92 Å². The van der Waals surface area contributed by atoms with Crippen LogP contribution < -0.4 is 16.0 Å². The van der Waals surface area contributed by atoms with Crippen molar-refractivity contribution in [3.63, 3.8) is 0 Å². The molecule has 1 aliphatic heterocycles. The van der Waals surface area contributed by atoms with E-state index in [1.807, 2.05) is 20.8 Å². The van der Waals surface area contributed by atoms with E-state index in [9.17, 15) is 4.79 Å². The molecule has 3 N–H and O–H groups in total. The van der Waals surface area contributed by atoms with Gasteiger partial charge in [-0.3, -0.25) is 4.98 Å². The van der Waals surface area contributed by atoms with E-state index >= 15 is 0 Å². The van der Waals surface area contributed by atoms with E-state index in [2.05, 4.69) is 84.9 Å². The van der Waals surface area contributed by atoms with Gasteiger partial charge in [-0.25, -0.2) is 4.79 Å². The number of nitrogen functional groups attached to an aromatic ring is 1. The summed E-state index contributed by atoms with van der Waals surface area (Å²) >= 11 is 0. The number of fused-ring (bicyclic) bond motifs is 1. The average Bonchev–Trinajstić information content (AvgIpc) is 3.14. The number of hydrogen-bond donors (Lipinski definition) is 2. The Labute approximate surface area is 251 Å². The number of aromatic nitrogens is 1. The molecule has 1 amide bonds. The highest BCUT2D eigenvalue weighted by atomic mass is 28.4. The van der Waals surface area contributed by atoms with Crippen LogP contribution >= 0.6 is 0 Å². The second kappa shape index (κ2) is 11.5. The first-order chi connectivity index (χ1) is 18.4. The molecule has 2 heterocycles. The van der Waals surface area contributed by atoms with Crippen LogP contribution in [0.3, 0.4) is 0 Å². The van der Waals surface area contributed by atoms with Crippen molar-refractivity contribution in [1.82, 2.24) is 10.3 Å². The molecule has 0 radical (unpaired) electrons. The van der Waals surface area contributed by atoms with Crippen LogP contribution in [0, 0.1) is 5.92 Å². The third-order valence-electron chi connectivity index (χ3n) is 9.55. The number of amides is 1. The molecule has 4 atom stereocenters. The number of anilines is 2. The number of hydrogen-bond acceptors (Lipinski definition) is 7. The summed E-state index contributed by atoms with van der Waals surface area (Å²) in [5.74, 6) is 0.154.